The third-order valence-corrected chi connectivity index (χ3v) is 4.45. The first-order valence-corrected chi connectivity index (χ1v) is 9.74. The van der Waals surface area contributed by atoms with Crippen molar-refractivity contribution >= 4 is 10.9 Å². The van der Waals surface area contributed by atoms with Crippen LogP contribution in [0.5, 0.6) is 0 Å². The van der Waals surface area contributed by atoms with E-state index >= 15 is 0 Å². The summed E-state index contributed by atoms with van der Waals surface area (Å²) in [7, 11) is 2.18. The van der Waals surface area contributed by atoms with Crippen LogP contribution in [0.25, 0.3) is 10.9 Å². The minimum Gasteiger partial charge on any atom is -0.347 e. The van der Waals surface area contributed by atoms with E-state index in [1.807, 2.05) is 13.8 Å². The zero-order chi connectivity index (χ0) is 19.4. The molecule has 0 saturated carbocycles. The Labute approximate surface area is 158 Å². The van der Waals surface area contributed by atoms with E-state index in [0.717, 1.165) is 38.8 Å². The van der Waals surface area contributed by atoms with Crippen molar-refractivity contribution in [2.24, 2.45) is 7.05 Å². The number of allylic oxidation sites excluding steroid dienone is 3. The van der Waals surface area contributed by atoms with Gasteiger partial charge in [0.2, 0.25) is 0 Å². The highest BCUT2D eigenvalue weighted by molar-refractivity contribution is 5.86. The number of nitrogens with one attached hydrogen (secondary N) is 1. The molecular weight excluding hydrogens is 323 g/mol. The molecule has 0 atom stereocenters. The Hall–Kier alpha value is -1.87. The van der Waals surface area contributed by atoms with Crippen molar-refractivity contribution in [3.63, 3.8) is 0 Å². The van der Waals surface area contributed by atoms with Gasteiger partial charge in [0.1, 0.15) is 0 Å². The summed E-state index contributed by atoms with van der Waals surface area (Å²) in [5, 5.41) is 4.88. The van der Waals surface area contributed by atoms with Gasteiger partial charge in [-0.3, -0.25) is 0 Å². The average Bonchev–Trinajstić information content (AvgIpc) is 2.94. The van der Waals surface area contributed by atoms with Crippen molar-refractivity contribution in [2.45, 2.75) is 59.9 Å². The molecule has 1 aliphatic rings. The van der Waals surface area contributed by atoms with Crippen molar-refractivity contribution < 1.29 is 4.39 Å². The third-order valence-electron chi connectivity index (χ3n) is 4.45. The topological polar surface area (TPSA) is 17.0 Å². The van der Waals surface area contributed by atoms with Gasteiger partial charge in [-0.2, -0.15) is 0 Å². The van der Waals surface area contributed by atoms with E-state index in [2.05, 4.69) is 61.1 Å². The quantitative estimate of drug-likeness (QED) is 0.630. The fourth-order valence-electron chi connectivity index (χ4n) is 3.09. The van der Waals surface area contributed by atoms with E-state index in [4.69, 9.17) is 0 Å². The summed E-state index contributed by atoms with van der Waals surface area (Å²) in [5.41, 5.74) is 5.73. The summed E-state index contributed by atoms with van der Waals surface area (Å²) in [6.07, 6.45) is 10.5. The van der Waals surface area contributed by atoms with Gasteiger partial charge in [0.15, 0.2) is 0 Å². The highest BCUT2D eigenvalue weighted by Gasteiger charge is 2.17. The SMILES string of the molecule is C/C=C\CC.CCC/C=C/F.Cc1ccc2c(c1)c1c(n2C)CCNC1. The molecule has 1 aliphatic heterocycles. The molecule has 2 nitrogen and oxygen atoms in total. The molecule has 3 rings (SSSR count). The van der Waals surface area contributed by atoms with Crippen LogP contribution in [0, 0.1) is 6.92 Å². The Kier molecular flexibility index (Phi) is 10.6. The molecule has 0 saturated heterocycles. The smallest absolute Gasteiger partial charge is 0.0827 e. The van der Waals surface area contributed by atoms with Crippen molar-refractivity contribution in [1.29, 1.82) is 0 Å². The molecule has 0 fully saturated rings. The molecule has 0 aliphatic carbocycles. The molecule has 144 valence electrons. The van der Waals surface area contributed by atoms with Gasteiger partial charge in [-0.05, 0) is 44.4 Å². The molecule has 2 aromatic rings. The van der Waals surface area contributed by atoms with E-state index in [9.17, 15) is 4.39 Å². The van der Waals surface area contributed by atoms with Crippen LogP contribution in [0.3, 0.4) is 0 Å². The Balaban J connectivity index is 0.000000258. The third kappa shape index (κ3) is 6.45. The monoisotopic (exact) mass is 358 g/mol. The number of hydrogen-bond donors (Lipinski definition) is 1. The van der Waals surface area contributed by atoms with Gasteiger partial charge in [-0.15, -0.1) is 0 Å². The van der Waals surface area contributed by atoms with Gasteiger partial charge in [0, 0.05) is 43.2 Å². The summed E-state index contributed by atoms with van der Waals surface area (Å²) in [6, 6.07) is 6.74. The van der Waals surface area contributed by atoms with E-state index in [-0.39, 0.29) is 0 Å². The largest absolute Gasteiger partial charge is 0.347 e. The zero-order valence-corrected chi connectivity index (χ0v) is 17.1. The summed E-state index contributed by atoms with van der Waals surface area (Å²) < 4.78 is 13.4. The minimum atomic E-state index is 0.587. The lowest BCUT2D eigenvalue weighted by atomic mass is 10.0. The van der Waals surface area contributed by atoms with E-state index in [1.54, 1.807) is 0 Å². The number of nitrogens with zero attached hydrogens (tertiary/aromatic N) is 1. The summed E-state index contributed by atoms with van der Waals surface area (Å²) >= 11 is 0. The van der Waals surface area contributed by atoms with Gasteiger partial charge in [-0.1, -0.05) is 50.1 Å². The first kappa shape index (κ1) is 22.2. The maximum absolute atomic E-state index is 11.0. The van der Waals surface area contributed by atoms with E-state index in [1.165, 1.54) is 33.8 Å². The van der Waals surface area contributed by atoms with Crippen LogP contribution in [-0.2, 0) is 20.0 Å². The van der Waals surface area contributed by atoms with Gasteiger partial charge in [0.25, 0.3) is 0 Å². The van der Waals surface area contributed by atoms with E-state index in [0.29, 0.717) is 6.33 Å². The maximum Gasteiger partial charge on any atom is 0.0827 e. The summed E-state index contributed by atoms with van der Waals surface area (Å²) in [4.78, 5) is 0. The van der Waals surface area contributed by atoms with Crippen LogP contribution in [0.4, 0.5) is 4.39 Å². The van der Waals surface area contributed by atoms with Crippen molar-refractivity contribution in [1.82, 2.24) is 9.88 Å². The Morgan fingerprint density at radius 1 is 1.23 bits per heavy atom. The molecular formula is C23H35FN2. The number of rotatable bonds is 3. The van der Waals surface area contributed by atoms with Crippen molar-refractivity contribution in [3.05, 3.63) is 59.6 Å². The molecule has 1 N–H and O–H groups in total. The predicted octanol–water partition coefficient (Wildman–Crippen LogP) is 6.37. The Bertz CT molecular complexity index is 711. The summed E-state index contributed by atoms with van der Waals surface area (Å²) in [6.45, 7) is 10.5. The van der Waals surface area contributed by atoms with Crippen LogP contribution in [0.15, 0.2) is 42.8 Å². The first-order valence-electron chi connectivity index (χ1n) is 9.74. The second-order valence-corrected chi connectivity index (χ2v) is 6.56. The number of unbranched alkanes of at least 4 members (excludes halogenated alkanes) is 1. The standard InChI is InChI=1S/C13H16N2.C5H9F.C5H10/c1-9-3-4-12-10(7-9)11-8-14-6-5-13(11)15(12)2;1-2-3-4-5-6;1-3-5-4-2/h3-4,7,14H,5-6,8H2,1-2H3;4-5H,2-3H2,1H3;3,5H,4H2,1-2H3/b;5-4+;5-3-. The number of fused-ring (bicyclic) bond motifs is 3. The lowest BCUT2D eigenvalue weighted by Crippen LogP contribution is -2.24. The first-order chi connectivity index (χ1) is 12.6. The Morgan fingerprint density at radius 3 is 2.54 bits per heavy atom. The van der Waals surface area contributed by atoms with Gasteiger partial charge in [-0.25, -0.2) is 4.39 Å². The lowest BCUT2D eigenvalue weighted by Gasteiger charge is -2.14. The van der Waals surface area contributed by atoms with Crippen LogP contribution < -0.4 is 5.32 Å². The average molecular weight is 359 g/mol. The highest BCUT2D eigenvalue weighted by atomic mass is 19.1. The predicted molar refractivity (Wildman–Crippen MR) is 113 cm³/mol. The van der Waals surface area contributed by atoms with Gasteiger partial charge in [0.05, 0.1) is 6.33 Å². The van der Waals surface area contributed by atoms with E-state index < -0.39 is 0 Å². The zero-order valence-electron chi connectivity index (χ0n) is 17.1. The normalized spacial score (nSPS) is 13.3. The maximum atomic E-state index is 11.0. The molecule has 0 radical (unpaired) electrons. The second kappa shape index (κ2) is 12.5. The number of aryl methyl sites for hydroxylation is 2. The number of halogens is 1. The molecule has 0 amide bonds. The molecule has 0 unspecified atom stereocenters. The number of benzene rings is 1. The highest BCUT2D eigenvalue weighted by Crippen LogP contribution is 2.28. The Morgan fingerprint density at radius 2 is 2.00 bits per heavy atom. The van der Waals surface area contributed by atoms with Gasteiger partial charge >= 0.3 is 0 Å². The minimum absolute atomic E-state index is 0.587. The number of aromatic nitrogens is 1. The second-order valence-electron chi connectivity index (χ2n) is 6.56. The fraction of sp³-hybridized carbons (Fsp3) is 0.478. The van der Waals surface area contributed by atoms with Crippen molar-refractivity contribution in [3.8, 4) is 0 Å². The van der Waals surface area contributed by atoms with Gasteiger partial charge < -0.3 is 9.88 Å². The molecule has 1 aromatic carbocycles. The van der Waals surface area contributed by atoms with Crippen LogP contribution in [0.1, 0.15) is 56.9 Å². The fourth-order valence-corrected chi connectivity index (χ4v) is 3.09. The van der Waals surface area contributed by atoms with Crippen LogP contribution in [-0.4, -0.2) is 11.1 Å². The molecule has 1 aromatic heterocycles. The van der Waals surface area contributed by atoms with Crippen LogP contribution >= 0.6 is 0 Å². The molecule has 2 heterocycles. The van der Waals surface area contributed by atoms with Crippen molar-refractivity contribution in [2.75, 3.05) is 6.54 Å². The number of hydrogen-bond acceptors (Lipinski definition) is 1. The molecule has 0 bridgehead atoms. The van der Waals surface area contributed by atoms with Crippen LogP contribution in [0.2, 0.25) is 0 Å². The molecule has 0 spiro atoms. The molecule has 26 heavy (non-hydrogen) atoms. The lowest BCUT2D eigenvalue weighted by molar-refractivity contribution is 0.622. The summed E-state index contributed by atoms with van der Waals surface area (Å²) in [5.74, 6) is 0. The molecule has 3 heteroatoms.